The number of nitrogens with one attached hydrogen (secondary N) is 2. The summed E-state index contributed by atoms with van der Waals surface area (Å²) in [6, 6.07) is 26.8. The van der Waals surface area contributed by atoms with E-state index in [0.717, 1.165) is 51.5 Å². The van der Waals surface area contributed by atoms with Crippen molar-refractivity contribution in [2.45, 2.75) is 61.8 Å². The van der Waals surface area contributed by atoms with Crippen molar-refractivity contribution in [2.75, 3.05) is 13.1 Å². The molecule has 3 aromatic rings. The largest absolute Gasteiger partial charge is 0.313 e. The van der Waals surface area contributed by atoms with Crippen LogP contribution in [0.5, 0.6) is 0 Å². The van der Waals surface area contributed by atoms with Gasteiger partial charge in [0.05, 0.1) is 4.90 Å². The van der Waals surface area contributed by atoms with Crippen molar-refractivity contribution < 1.29 is 8.42 Å². The Labute approximate surface area is 230 Å². The summed E-state index contributed by atoms with van der Waals surface area (Å²) >= 11 is 3.66. The molecule has 196 valence electrons. The fourth-order valence-corrected chi connectivity index (χ4v) is 7.66. The van der Waals surface area contributed by atoms with Crippen LogP contribution in [0.25, 0.3) is 0 Å². The summed E-state index contributed by atoms with van der Waals surface area (Å²) in [6.07, 6.45) is 7.82. The van der Waals surface area contributed by atoms with E-state index in [1.54, 1.807) is 24.3 Å². The first-order valence-electron chi connectivity index (χ1n) is 13.6. The SMILES string of the molecule is O=S(=O)(NCC1CCC(CNC2CCc3cc(Br)ccc3[C@H]2Cc2ccccc2)CC1)c1ccccc1. The van der Waals surface area contributed by atoms with Gasteiger partial charge in [-0.15, -0.1) is 0 Å². The second-order valence-electron chi connectivity index (χ2n) is 10.7. The van der Waals surface area contributed by atoms with E-state index in [1.807, 2.05) is 6.07 Å². The summed E-state index contributed by atoms with van der Waals surface area (Å²) in [5.74, 6) is 1.55. The molecule has 5 rings (SSSR count). The minimum absolute atomic E-state index is 0.347. The summed E-state index contributed by atoms with van der Waals surface area (Å²) < 4.78 is 29.1. The Morgan fingerprint density at radius 3 is 2.14 bits per heavy atom. The second-order valence-corrected chi connectivity index (χ2v) is 13.4. The molecular weight excluding hydrogens is 544 g/mol. The zero-order valence-electron chi connectivity index (χ0n) is 21.3. The topological polar surface area (TPSA) is 58.2 Å². The lowest BCUT2D eigenvalue weighted by molar-refractivity contribution is 0.252. The third-order valence-corrected chi connectivity index (χ3v) is 10.2. The van der Waals surface area contributed by atoms with E-state index in [0.29, 0.717) is 35.2 Å². The van der Waals surface area contributed by atoms with Crippen LogP contribution in [0.3, 0.4) is 0 Å². The van der Waals surface area contributed by atoms with Crippen LogP contribution in [0, 0.1) is 11.8 Å². The molecule has 37 heavy (non-hydrogen) atoms. The highest BCUT2D eigenvalue weighted by molar-refractivity contribution is 9.10. The predicted molar refractivity (Wildman–Crippen MR) is 154 cm³/mol. The fourth-order valence-electron chi connectivity index (χ4n) is 6.11. The lowest BCUT2D eigenvalue weighted by Crippen LogP contribution is -2.42. The predicted octanol–water partition coefficient (Wildman–Crippen LogP) is 6.46. The number of aryl methyl sites for hydroxylation is 1. The van der Waals surface area contributed by atoms with Gasteiger partial charge in [0, 0.05) is 23.0 Å². The number of rotatable bonds is 9. The van der Waals surface area contributed by atoms with Gasteiger partial charge < -0.3 is 5.32 Å². The van der Waals surface area contributed by atoms with E-state index >= 15 is 0 Å². The van der Waals surface area contributed by atoms with Gasteiger partial charge in [0.15, 0.2) is 0 Å². The molecule has 1 saturated carbocycles. The molecule has 2 N–H and O–H groups in total. The average Bonchev–Trinajstić information content (AvgIpc) is 2.93. The monoisotopic (exact) mass is 580 g/mol. The number of halogens is 1. The number of hydrogen-bond acceptors (Lipinski definition) is 3. The van der Waals surface area contributed by atoms with Gasteiger partial charge in [-0.2, -0.15) is 0 Å². The molecule has 1 unspecified atom stereocenters. The maximum Gasteiger partial charge on any atom is 0.240 e. The van der Waals surface area contributed by atoms with Crippen LogP contribution in [0.15, 0.2) is 88.2 Å². The lowest BCUT2D eigenvalue weighted by Gasteiger charge is -2.37. The van der Waals surface area contributed by atoms with Gasteiger partial charge in [-0.3, -0.25) is 0 Å². The molecule has 0 heterocycles. The summed E-state index contributed by atoms with van der Waals surface area (Å²) in [6.45, 7) is 1.58. The van der Waals surface area contributed by atoms with Crippen LogP contribution in [0.2, 0.25) is 0 Å². The molecule has 0 spiro atoms. The van der Waals surface area contributed by atoms with Crippen LogP contribution < -0.4 is 10.0 Å². The Bertz CT molecular complexity index is 1260. The Hall–Kier alpha value is -1.99. The number of benzene rings is 3. The average molecular weight is 582 g/mol. The Morgan fingerprint density at radius 2 is 1.43 bits per heavy atom. The van der Waals surface area contributed by atoms with Gasteiger partial charge in [-0.25, -0.2) is 13.1 Å². The van der Waals surface area contributed by atoms with Gasteiger partial charge >= 0.3 is 0 Å². The molecule has 0 aromatic heterocycles. The smallest absolute Gasteiger partial charge is 0.240 e. The molecule has 3 aromatic carbocycles. The van der Waals surface area contributed by atoms with E-state index < -0.39 is 10.0 Å². The highest BCUT2D eigenvalue weighted by Crippen LogP contribution is 2.36. The van der Waals surface area contributed by atoms with E-state index in [2.05, 4.69) is 74.5 Å². The van der Waals surface area contributed by atoms with Crippen molar-refractivity contribution in [2.24, 2.45) is 11.8 Å². The highest BCUT2D eigenvalue weighted by Gasteiger charge is 2.31. The quantitative estimate of drug-likeness (QED) is 0.305. The molecule has 0 amide bonds. The first-order valence-corrected chi connectivity index (χ1v) is 15.9. The number of fused-ring (bicyclic) bond motifs is 1. The highest BCUT2D eigenvalue weighted by atomic mass is 79.9. The van der Waals surface area contributed by atoms with Gasteiger partial charge in [0.25, 0.3) is 0 Å². The van der Waals surface area contributed by atoms with E-state index in [1.165, 1.54) is 21.2 Å². The molecule has 0 aliphatic heterocycles. The molecule has 1 fully saturated rings. The molecule has 0 saturated heterocycles. The summed E-state index contributed by atoms with van der Waals surface area (Å²) in [5, 5.41) is 3.99. The van der Waals surface area contributed by atoms with Crippen LogP contribution in [0.1, 0.15) is 54.7 Å². The molecule has 2 atom stereocenters. The summed E-state index contributed by atoms with van der Waals surface area (Å²) in [7, 11) is -3.42. The van der Waals surface area contributed by atoms with Crippen LogP contribution in [0.4, 0.5) is 0 Å². The van der Waals surface area contributed by atoms with Gasteiger partial charge in [-0.1, -0.05) is 70.5 Å². The van der Waals surface area contributed by atoms with Crippen molar-refractivity contribution in [3.05, 3.63) is 100 Å². The number of hydrogen-bond donors (Lipinski definition) is 2. The van der Waals surface area contributed by atoms with Crippen LogP contribution in [-0.4, -0.2) is 27.5 Å². The maximum atomic E-state index is 12.6. The minimum atomic E-state index is -3.42. The molecule has 0 bridgehead atoms. The van der Waals surface area contributed by atoms with Gasteiger partial charge in [0.1, 0.15) is 0 Å². The van der Waals surface area contributed by atoms with E-state index in [-0.39, 0.29) is 0 Å². The number of sulfonamides is 1. The summed E-state index contributed by atoms with van der Waals surface area (Å²) in [4.78, 5) is 0.347. The molecular formula is C31H37BrN2O2S. The zero-order valence-corrected chi connectivity index (χ0v) is 23.7. The maximum absolute atomic E-state index is 12.6. The van der Waals surface area contributed by atoms with Crippen molar-refractivity contribution in [1.82, 2.24) is 10.0 Å². The third-order valence-electron chi connectivity index (χ3n) is 8.26. The van der Waals surface area contributed by atoms with Gasteiger partial charge in [-0.05, 0) is 104 Å². The fraction of sp³-hybridized carbons (Fsp3) is 0.419. The first kappa shape index (κ1) is 26.6. The second kappa shape index (κ2) is 12.2. The van der Waals surface area contributed by atoms with Crippen molar-refractivity contribution in [3.8, 4) is 0 Å². The van der Waals surface area contributed by atoms with E-state index in [4.69, 9.17) is 0 Å². The minimum Gasteiger partial charge on any atom is -0.313 e. The standard InChI is InChI=1S/C31H37BrN2O2S/c32-27-16-17-29-26(20-27)15-18-31(30(29)19-23-7-3-1-4-8-23)33-21-24-11-13-25(14-12-24)22-34-37(35,36)28-9-5-2-6-10-28/h1-10,16-17,20,24-25,30-31,33-34H,11-15,18-19,21-22H2/t24?,25?,30-,31?/m1/s1. The van der Waals surface area contributed by atoms with Crippen molar-refractivity contribution in [3.63, 3.8) is 0 Å². The summed E-state index contributed by atoms with van der Waals surface area (Å²) in [5.41, 5.74) is 4.37. The Balaban J connectivity index is 1.15. The Kier molecular flexibility index (Phi) is 8.81. The zero-order chi connectivity index (χ0) is 25.7. The molecule has 2 aliphatic carbocycles. The van der Waals surface area contributed by atoms with Gasteiger partial charge in [0.2, 0.25) is 10.0 Å². The lowest BCUT2D eigenvalue weighted by atomic mass is 9.75. The van der Waals surface area contributed by atoms with E-state index in [9.17, 15) is 8.42 Å². The third kappa shape index (κ3) is 6.91. The molecule has 0 radical (unpaired) electrons. The Morgan fingerprint density at radius 1 is 0.784 bits per heavy atom. The molecule has 4 nitrogen and oxygen atoms in total. The van der Waals surface area contributed by atoms with Crippen LogP contribution in [-0.2, 0) is 22.9 Å². The van der Waals surface area contributed by atoms with Crippen LogP contribution >= 0.6 is 15.9 Å². The normalized spacial score (nSPS) is 23.9. The first-order chi connectivity index (χ1) is 18.0. The molecule has 6 heteroatoms. The van der Waals surface area contributed by atoms with Crippen molar-refractivity contribution >= 4 is 26.0 Å². The molecule has 2 aliphatic rings. The van der Waals surface area contributed by atoms with Crippen molar-refractivity contribution in [1.29, 1.82) is 0 Å².